The van der Waals surface area contributed by atoms with Crippen LogP contribution in [-0.4, -0.2) is 19.0 Å². The summed E-state index contributed by atoms with van der Waals surface area (Å²) >= 11 is 0. The summed E-state index contributed by atoms with van der Waals surface area (Å²) < 4.78 is 27.5. The van der Waals surface area contributed by atoms with Crippen LogP contribution in [-0.2, 0) is 4.79 Å². The van der Waals surface area contributed by atoms with E-state index in [1.807, 2.05) is 6.92 Å². The smallest absolute Gasteiger partial charge is 0.226 e. The Labute approximate surface area is 124 Å². The Morgan fingerprint density at radius 1 is 1.33 bits per heavy atom. The van der Waals surface area contributed by atoms with Crippen LogP contribution in [0.5, 0.6) is 0 Å². The predicted molar refractivity (Wildman–Crippen MR) is 77.7 cm³/mol. The van der Waals surface area contributed by atoms with E-state index in [1.165, 1.54) is 18.2 Å². The molecule has 21 heavy (non-hydrogen) atoms. The Balaban J connectivity index is 2.15. The third-order valence-corrected chi connectivity index (χ3v) is 4.50. The Hall–Kier alpha value is -1.49. The van der Waals surface area contributed by atoms with E-state index in [0.29, 0.717) is 0 Å². The second-order valence-electron chi connectivity index (χ2n) is 5.71. The van der Waals surface area contributed by atoms with E-state index in [-0.39, 0.29) is 11.5 Å². The lowest BCUT2D eigenvalue weighted by Crippen LogP contribution is -2.48. The second kappa shape index (κ2) is 6.52. The highest BCUT2D eigenvalue weighted by Gasteiger charge is 2.38. The van der Waals surface area contributed by atoms with Crippen molar-refractivity contribution in [2.24, 2.45) is 5.41 Å². The highest BCUT2D eigenvalue weighted by Crippen LogP contribution is 2.33. The Kier molecular flexibility index (Phi) is 4.93. The van der Waals surface area contributed by atoms with Crippen LogP contribution >= 0.6 is 0 Å². The van der Waals surface area contributed by atoms with Crippen LogP contribution in [0.15, 0.2) is 18.2 Å². The maximum absolute atomic E-state index is 13.8. The van der Waals surface area contributed by atoms with Gasteiger partial charge >= 0.3 is 0 Å². The lowest BCUT2D eigenvalue weighted by Gasteiger charge is -2.36. The molecule has 0 aliphatic carbocycles. The summed E-state index contributed by atoms with van der Waals surface area (Å²) in [6.45, 7) is 5.19. The molecule has 1 fully saturated rings. The van der Waals surface area contributed by atoms with Gasteiger partial charge in [0, 0.05) is 5.56 Å². The van der Waals surface area contributed by atoms with Gasteiger partial charge in [0.2, 0.25) is 5.91 Å². The minimum absolute atomic E-state index is 0.0777. The summed E-state index contributed by atoms with van der Waals surface area (Å²) in [5, 5.41) is 6.02. The summed E-state index contributed by atoms with van der Waals surface area (Å²) in [7, 11) is 0. The largest absolute Gasteiger partial charge is 0.349 e. The predicted octanol–water partition coefficient (Wildman–Crippen LogP) is 2.92. The number of halogens is 2. The molecule has 1 aromatic rings. The van der Waals surface area contributed by atoms with Gasteiger partial charge in [0.1, 0.15) is 11.6 Å². The normalized spacial score (nSPS) is 19.0. The Morgan fingerprint density at radius 3 is 2.43 bits per heavy atom. The minimum Gasteiger partial charge on any atom is -0.349 e. The molecule has 1 aliphatic rings. The Morgan fingerprint density at radius 2 is 1.90 bits per heavy atom. The zero-order valence-corrected chi connectivity index (χ0v) is 12.5. The number of hydrogen-bond acceptors (Lipinski definition) is 2. The molecule has 116 valence electrons. The van der Waals surface area contributed by atoms with E-state index >= 15 is 0 Å². The summed E-state index contributed by atoms with van der Waals surface area (Å²) in [5.41, 5.74) is -0.507. The van der Waals surface area contributed by atoms with Crippen molar-refractivity contribution in [1.29, 1.82) is 0 Å². The third-order valence-electron chi connectivity index (χ3n) is 4.50. The van der Waals surface area contributed by atoms with E-state index in [0.717, 1.165) is 32.4 Å². The number of amides is 1. The van der Waals surface area contributed by atoms with Gasteiger partial charge in [-0.1, -0.05) is 13.0 Å². The number of carbonyl (C=O) groups excluding carboxylic acids is 1. The van der Waals surface area contributed by atoms with Gasteiger partial charge in [0.05, 0.1) is 11.5 Å². The standard InChI is InChI=1S/C16H22F2N2O/c1-3-16(7-9-19-10-8-16)15(21)20-11(2)14-12(17)5-4-6-13(14)18/h4-6,11,19H,3,7-10H2,1-2H3,(H,20,21). The van der Waals surface area contributed by atoms with E-state index in [4.69, 9.17) is 0 Å². The molecule has 1 amide bonds. The van der Waals surface area contributed by atoms with Gasteiger partial charge in [-0.15, -0.1) is 0 Å². The van der Waals surface area contributed by atoms with Crippen LogP contribution in [0.25, 0.3) is 0 Å². The molecule has 2 N–H and O–H groups in total. The molecular formula is C16H22F2N2O. The van der Waals surface area contributed by atoms with Crippen LogP contribution in [0, 0.1) is 17.0 Å². The molecule has 2 rings (SSSR count). The zero-order chi connectivity index (χ0) is 15.5. The van der Waals surface area contributed by atoms with Gasteiger partial charge in [0.25, 0.3) is 0 Å². The highest BCUT2D eigenvalue weighted by molar-refractivity contribution is 5.83. The summed E-state index contributed by atoms with van der Waals surface area (Å²) in [6, 6.07) is 3.06. The first-order valence-corrected chi connectivity index (χ1v) is 7.46. The molecule has 0 bridgehead atoms. The van der Waals surface area contributed by atoms with Crippen LogP contribution in [0.3, 0.4) is 0 Å². The number of rotatable bonds is 4. The van der Waals surface area contributed by atoms with Crippen molar-refractivity contribution in [2.75, 3.05) is 13.1 Å². The van der Waals surface area contributed by atoms with Crippen LogP contribution in [0.2, 0.25) is 0 Å². The molecule has 0 saturated carbocycles. The molecule has 1 aromatic carbocycles. The van der Waals surface area contributed by atoms with Crippen molar-refractivity contribution in [3.8, 4) is 0 Å². The van der Waals surface area contributed by atoms with Crippen molar-refractivity contribution >= 4 is 5.91 Å². The van der Waals surface area contributed by atoms with Gasteiger partial charge in [-0.2, -0.15) is 0 Å². The fourth-order valence-corrected chi connectivity index (χ4v) is 2.99. The topological polar surface area (TPSA) is 41.1 Å². The molecule has 1 atom stereocenters. The van der Waals surface area contributed by atoms with Gasteiger partial charge in [-0.05, 0) is 51.4 Å². The molecular weight excluding hydrogens is 274 g/mol. The lowest BCUT2D eigenvalue weighted by molar-refractivity contribution is -0.133. The monoisotopic (exact) mass is 296 g/mol. The maximum Gasteiger partial charge on any atom is 0.226 e. The van der Waals surface area contributed by atoms with E-state index in [1.54, 1.807) is 6.92 Å². The number of benzene rings is 1. The Bertz CT molecular complexity index is 493. The fraction of sp³-hybridized carbons (Fsp3) is 0.562. The lowest BCUT2D eigenvalue weighted by atomic mass is 9.75. The molecule has 1 unspecified atom stereocenters. The van der Waals surface area contributed by atoms with Crippen LogP contribution in [0.4, 0.5) is 8.78 Å². The van der Waals surface area contributed by atoms with E-state index in [9.17, 15) is 13.6 Å². The molecule has 1 saturated heterocycles. The fourth-order valence-electron chi connectivity index (χ4n) is 2.99. The summed E-state index contributed by atoms with van der Waals surface area (Å²) in [6.07, 6.45) is 2.23. The van der Waals surface area contributed by atoms with Crippen molar-refractivity contribution in [3.05, 3.63) is 35.4 Å². The summed E-state index contributed by atoms with van der Waals surface area (Å²) in [5.74, 6) is -1.36. The van der Waals surface area contributed by atoms with Gasteiger partial charge in [-0.25, -0.2) is 8.78 Å². The SMILES string of the molecule is CCC1(C(=O)NC(C)c2c(F)cccc2F)CCNCC1. The molecule has 1 aliphatic heterocycles. The first-order valence-electron chi connectivity index (χ1n) is 7.46. The molecule has 1 heterocycles. The third kappa shape index (κ3) is 3.23. The highest BCUT2D eigenvalue weighted by atomic mass is 19.1. The first-order chi connectivity index (χ1) is 10.00. The molecule has 0 aromatic heterocycles. The molecule has 5 heteroatoms. The van der Waals surface area contributed by atoms with Crippen molar-refractivity contribution in [1.82, 2.24) is 10.6 Å². The van der Waals surface area contributed by atoms with Gasteiger partial charge < -0.3 is 10.6 Å². The number of piperidine rings is 1. The minimum atomic E-state index is -0.683. The van der Waals surface area contributed by atoms with Crippen molar-refractivity contribution in [2.45, 2.75) is 39.2 Å². The van der Waals surface area contributed by atoms with Crippen molar-refractivity contribution < 1.29 is 13.6 Å². The van der Waals surface area contributed by atoms with Crippen LogP contribution in [0.1, 0.15) is 44.7 Å². The number of hydrogen-bond donors (Lipinski definition) is 2. The van der Waals surface area contributed by atoms with Gasteiger partial charge in [0.15, 0.2) is 0 Å². The summed E-state index contributed by atoms with van der Waals surface area (Å²) in [4.78, 5) is 12.6. The second-order valence-corrected chi connectivity index (χ2v) is 5.71. The van der Waals surface area contributed by atoms with Crippen LogP contribution < -0.4 is 10.6 Å². The van der Waals surface area contributed by atoms with Crippen molar-refractivity contribution in [3.63, 3.8) is 0 Å². The first kappa shape index (κ1) is 15.9. The molecule has 0 spiro atoms. The molecule has 0 radical (unpaired) electrons. The number of nitrogens with one attached hydrogen (secondary N) is 2. The zero-order valence-electron chi connectivity index (χ0n) is 12.5. The maximum atomic E-state index is 13.8. The van der Waals surface area contributed by atoms with E-state index in [2.05, 4.69) is 10.6 Å². The average molecular weight is 296 g/mol. The quantitative estimate of drug-likeness (QED) is 0.897. The molecule has 3 nitrogen and oxygen atoms in total. The van der Waals surface area contributed by atoms with Gasteiger partial charge in [-0.3, -0.25) is 4.79 Å². The van der Waals surface area contributed by atoms with E-state index < -0.39 is 23.1 Å². The average Bonchev–Trinajstić information content (AvgIpc) is 2.47. The number of carbonyl (C=O) groups is 1.